The van der Waals surface area contributed by atoms with Crippen molar-refractivity contribution < 1.29 is 9.90 Å². The molecule has 2 aromatic rings. The van der Waals surface area contributed by atoms with Crippen molar-refractivity contribution in [3.63, 3.8) is 0 Å². The summed E-state index contributed by atoms with van der Waals surface area (Å²) in [6.07, 6.45) is 2.93. The lowest BCUT2D eigenvalue weighted by molar-refractivity contribution is 0.0687. The molecule has 6 heteroatoms. The van der Waals surface area contributed by atoms with Gasteiger partial charge in [0, 0.05) is 18.0 Å². The quantitative estimate of drug-likeness (QED) is 0.705. The molecule has 1 aromatic carbocycles. The van der Waals surface area contributed by atoms with Crippen molar-refractivity contribution >= 4 is 17.0 Å². The Bertz CT molecular complexity index is 1060. The van der Waals surface area contributed by atoms with E-state index < -0.39 is 17.2 Å². The van der Waals surface area contributed by atoms with Gasteiger partial charge in [0.2, 0.25) is 5.69 Å². The largest absolute Gasteiger partial charge is 0.476 e. The molecule has 1 fully saturated rings. The van der Waals surface area contributed by atoms with Gasteiger partial charge in [0.25, 0.3) is 5.56 Å². The summed E-state index contributed by atoms with van der Waals surface area (Å²) in [6, 6.07) is 7.57. The Morgan fingerprint density at radius 2 is 1.90 bits per heavy atom. The SMILES string of the molecule is CC(C)C#CC(C(C)C)N1CCC[C@H]1C[C@H](C)n1c(=O)c(C(=O)O)nc2ccccc21. The topological polar surface area (TPSA) is 75.4 Å². The maximum Gasteiger partial charge on any atom is 0.360 e. The Balaban J connectivity index is 1.96. The van der Waals surface area contributed by atoms with Crippen LogP contribution < -0.4 is 5.56 Å². The molecule has 0 bridgehead atoms. The van der Waals surface area contributed by atoms with Crippen molar-refractivity contribution in [2.75, 3.05) is 6.54 Å². The molecule has 0 aliphatic carbocycles. The van der Waals surface area contributed by atoms with E-state index in [9.17, 15) is 14.7 Å². The maximum absolute atomic E-state index is 13.0. The van der Waals surface area contributed by atoms with Gasteiger partial charge in [-0.15, -0.1) is 0 Å². The first-order chi connectivity index (χ1) is 14.7. The fourth-order valence-corrected chi connectivity index (χ4v) is 4.59. The van der Waals surface area contributed by atoms with Gasteiger partial charge < -0.3 is 9.67 Å². The standard InChI is InChI=1S/C25H33N3O3/c1-16(2)12-13-21(17(3)4)27-14-8-9-19(27)15-18(5)28-22-11-7-6-10-20(22)26-23(24(28)29)25(30)31/h6-7,10-11,16-19,21H,8-9,14-15H2,1-5H3,(H,30,31)/t18-,19-,21?/m0/s1. The average molecular weight is 424 g/mol. The van der Waals surface area contributed by atoms with E-state index >= 15 is 0 Å². The van der Waals surface area contributed by atoms with Crippen LogP contribution in [0.4, 0.5) is 0 Å². The van der Waals surface area contributed by atoms with Crippen LogP contribution in [0.15, 0.2) is 29.1 Å². The second-order valence-corrected chi connectivity index (χ2v) is 9.18. The van der Waals surface area contributed by atoms with Crippen LogP contribution in [0, 0.1) is 23.7 Å². The number of nitrogens with zero attached hydrogens (tertiary/aromatic N) is 3. The molecule has 0 radical (unpaired) electrons. The van der Waals surface area contributed by atoms with E-state index in [1.54, 1.807) is 16.7 Å². The van der Waals surface area contributed by atoms with Crippen LogP contribution in [0.2, 0.25) is 0 Å². The van der Waals surface area contributed by atoms with Gasteiger partial charge in [-0.1, -0.05) is 51.7 Å². The zero-order valence-corrected chi connectivity index (χ0v) is 19.1. The smallest absolute Gasteiger partial charge is 0.360 e. The Kier molecular flexibility index (Phi) is 7.17. The number of carbonyl (C=O) groups is 1. The van der Waals surface area contributed by atoms with Gasteiger partial charge in [-0.2, -0.15) is 0 Å². The number of aromatic carboxylic acids is 1. The number of aromatic nitrogens is 2. The predicted octanol–water partition coefficient (Wildman–Crippen LogP) is 4.19. The van der Waals surface area contributed by atoms with E-state index in [1.807, 2.05) is 19.1 Å². The molecule has 0 saturated carbocycles. The van der Waals surface area contributed by atoms with Crippen molar-refractivity contribution in [2.24, 2.45) is 11.8 Å². The van der Waals surface area contributed by atoms with Crippen LogP contribution in [0.25, 0.3) is 11.0 Å². The van der Waals surface area contributed by atoms with Crippen molar-refractivity contribution in [1.82, 2.24) is 14.5 Å². The molecule has 1 aromatic heterocycles. The number of benzene rings is 1. The monoisotopic (exact) mass is 423 g/mol. The third-order valence-corrected chi connectivity index (χ3v) is 5.98. The molecule has 31 heavy (non-hydrogen) atoms. The Morgan fingerprint density at radius 1 is 1.19 bits per heavy atom. The minimum atomic E-state index is -1.29. The van der Waals surface area contributed by atoms with E-state index in [0.29, 0.717) is 28.9 Å². The molecule has 0 spiro atoms. The summed E-state index contributed by atoms with van der Waals surface area (Å²) in [7, 11) is 0. The summed E-state index contributed by atoms with van der Waals surface area (Å²) in [5.41, 5.74) is 0.243. The predicted molar refractivity (Wildman–Crippen MR) is 123 cm³/mol. The zero-order valence-electron chi connectivity index (χ0n) is 19.1. The number of hydrogen-bond acceptors (Lipinski definition) is 4. The molecule has 1 saturated heterocycles. The van der Waals surface area contributed by atoms with Crippen LogP contribution in [-0.4, -0.2) is 44.2 Å². The van der Waals surface area contributed by atoms with Gasteiger partial charge in [-0.25, -0.2) is 9.78 Å². The van der Waals surface area contributed by atoms with Crippen LogP contribution in [0.3, 0.4) is 0 Å². The summed E-state index contributed by atoms with van der Waals surface area (Å²) in [4.78, 5) is 31.2. The lowest BCUT2D eigenvalue weighted by Gasteiger charge is -2.34. The highest BCUT2D eigenvalue weighted by molar-refractivity contribution is 5.88. The summed E-state index contributed by atoms with van der Waals surface area (Å²) in [5.74, 6) is 6.28. The molecular formula is C25H33N3O3. The molecule has 1 aliphatic rings. The Hall–Kier alpha value is -2.65. The van der Waals surface area contributed by atoms with E-state index in [2.05, 4.69) is 49.4 Å². The molecule has 2 heterocycles. The van der Waals surface area contributed by atoms with E-state index in [-0.39, 0.29) is 12.1 Å². The van der Waals surface area contributed by atoms with Crippen LogP contribution in [0.1, 0.15) is 70.4 Å². The average Bonchev–Trinajstić information content (AvgIpc) is 3.14. The number of fused-ring (bicyclic) bond motifs is 1. The van der Waals surface area contributed by atoms with Gasteiger partial charge in [-0.05, 0) is 50.8 Å². The van der Waals surface area contributed by atoms with Crippen molar-refractivity contribution in [2.45, 2.75) is 72.0 Å². The molecule has 1 unspecified atom stereocenters. The summed E-state index contributed by atoms with van der Waals surface area (Å²) in [5, 5.41) is 9.50. The second-order valence-electron chi connectivity index (χ2n) is 9.18. The normalized spacial score (nSPS) is 18.9. The molecule has 0 amide bonds. The first-order valence-electron chi connectivity index (χ1n) is 11.2. The Morgan fingerprint density at radius 3 is 2.55 bits per heavy atom. The summed E-state index contributed by atoms with van der Waals surface area (Å²) < 4.78 is 1.62. The minimum Gasteiger partial charge on any atom is -0.476 e. The molecular weight excluding hydrogens is 390 g/mol. The van der Waals surface area contributed by atoms with Crippen molar-refractivity contribution in [1.29, 1.82) is 0 Å². The van der Waals surface area contributed by atoms with Gasteiger partial charge in [0.15, 0.2) is 0 Å². The highest BCUT2D eigenvalue weighted by atomic mass is 16.4. The third kappa shape index (κ3) is 4.99. The molecule has 3 atom stereocenters. The fraction of sp³-hybridized carbons (Fsp3) is 0.560. The number of para-hydroxylation sites is 2. The van der Waals surface area contributed by atoms with Gasteiger partial charge >= 0.3 is 5.97 Å². The molecule has 1 N–H and O–H groups in total. The number of carboxylic acids is 1. The van der Waals surface area contributed by atoms with Gasteiger partial charge in [0.05, 0.1) is 17.1 Å². The molecule has 6 nitrogen and oxygen atoms in total. The number of hydrogen-bond donors (Lipinski definition) is 1. The first kappa shape index (κ1) is 23.0. The zero-order chi connectivity index (χ0) is 22.7. The molecule has 1 aliphatic heterocycles. The van der Waals surface area contributed by atoms with Crippen molar-refractivity contribution in [3.8, 4) is 11.8 Å². The highest BCUT2D eigenvalue weighted by Crippen LogP contribution is 2.30. The third-order valence-electron chi connectivity index (χ3n) is 5.98. The first-order valence-corrected chi connectivity index (χ1v) is 11.2. The summed E-state index contributed by atoms with van der Waals surface area (Å²) in [6.45, 7) is 11.6. The lowest BCUT2D eigenvalue weighted by Crippen LogP contribution is -2.43. The van der Waals surface area contributed by atoms with E-state index in [4.69, 9.17) is 0 Å². The Labute approximate surface area is 184 Å². The van der Waals surface area contributed by atoms with Gasteiger partial charge in [-0.3, -0.25) is 9.69 Å². The van der Waals surface area contributed by atoms with E-state index in [1.165, 1.54) is 0 Å². The number of likely N-dealkylation sites (tertiary alicyclic amines) is 1. The van der Waals surface area contributed by atoms with Crippen LogP contribution in [0.5, 0.6) is 0 Å². The van der Waals surface area contributed by atoms with Gasteiger partial charge in [0.1, 0.15) is 0 Å². The van der Waals surface area contributed by atoms with Crippen LogP contribution >= 0.6 is 0 Å². The molecule has 166 valence electrons. The lowest BCUT2D eigenvalue weighted by atomic mass is 9.98. The number of rotatable bonds is 6. The highest BCUT2D eigenvalue weighted by Gasteiger charge is 2.33. The maximum atomic E-state index is 13.0. The number of carboxylic acid groups (broad SMARTS) is 1. The van der Waals surface area contributed by atoms with E-state index in [0.717, 1.165) is 25.8 Å². The minimum absolute atomic E-state index is 0.157. The van der Waals surface area contributed by atoms with Crippen molar-refractivity contribution in [3.05, 3.63) is 40.3 Å². The fourth-order valence-electron chi connectivity index (χ4n) is 4.59. The second kappa shape index (κ2) is 9.65. The van der Waals surface area contributed by atoms with Crippen LogP contribution in [-0.2, 0) is 0 Å². The molecule has 3 rings (SSSR count). The summed E-state index contributed by atoms with van der Waals surface area (Å²) >= 11 is 0.